The Bertz CT molecular complexity index is 349. The minimum absolute atomic E-state index is 0.154. The van der Waals surface area contributed by atoms with Crippen LogP contribution in [0.4, 0.5) is 0 Å². The van der Waals surface area contributed by atoms with Crippen molar-refractivity contribution in [3.8, 4) is 0 Å². The Morgan fingerprint density at radius 1 is 1.40 bits per heavy atom. The Morgan fingerprint density at radius 2 is 2.07 bits per heavy atom. The third-order valence-electron chi connectivity index (χ3n) is 1.75. The van der Waals surface area contributed by atoms with Gasteiger partial charge in [0.1, 0.15) is 5.70 Å². The van der Waals surface area contributed by atoms with Crippen LogP contribution in [0.3, 0.4) is 0 Å². The van der Waals surface area contributed by atoms with Gasteiger partial charge in [0.15, 0.2) is 0 Å². The molecule has 0 spiro atoms. The number of nitrogens with one attached hydrogen (secondary N) is 1. The molecule has 0 aliphatic carbocycles. The molecule has 0 aliphatic heterocycles. The van der Waals surface area contributed by atoms with Crippen molar-refractivity contribution < 1.29 is 9.90 Å². The molecule has 0 aromatic heterocycles. The molecule has 0 saturated heterocycles. The van der Waals surface area contributed by atoms with Crippen LogP contribution in [0.1, 0.15) is 5.56 Å². The van der Waals surface area contributed by atoms with E-state index < -0.39 is 5.97 Å². The molecule has 0 amide bonds. The summed E-state index contributed by atoms with van der Waals surface area (Å²) < 4.78 is 0. The molecule has 1 aromatic carbocycles. The second-order valence-electron chi connectivity index (χ2n) is 2.89. The Hall–Kier alpha value is -1.48. The van der Waals surface area contributed by atoms with E-state index in [0.29, 0.717) is 12.4 Å². The van der Waals surface area contributed by atoms with E-state index in [1.165, 1.54) is 0 Å². The summed E-state index contributed by atoms with van der Waals surface area (Å²) in [5, 5.41) is 11.6. The van der Waals surface area contributed by atoms with Crippen molar-refractivity contribution in [1.29, 1.82) is 0 Å². The van der Waals surface area contributed by atoms with Gasteiger partial charge in [-0.05, 0) is 11.6 Å². The van der Waals surface area contributed by atoms with Crippen molar-refractivity contribution in [1.82, 2.24) is 5.32 Å². The molecule has 0 heterocycles. The van der Waals surface area contributed by atoms with E-state index in [9.17, 15) is 4.79 Å². The van der Waals surface area contributed by atoms with E-state index in [4.69, 9.17) is 16.7 Å². The van der Waals surface area contributed by atoms with Gasteiger partial charge in [0.2, 0.25) is 0 Å². The SMILES string of the molecule is O=C(O)C(=Cc1ccccc1)NCCCl. The van der Waals surface area contributed by atoms with Crippen LogP contribution in [-0.2, 0) is 4.79 Å². The molecule has 0 radical (unpaired) electrons. The Kier molecular flexibility index (Phi) is 4.71. The number of alkyl halides is 1. The normalized spacial score (nSPS) is 11.1. The summed E-state index contributed by atoms with van der Waals surface area (Å²) in [6.45, 7) is 0.437. The zero-order valence-electron chi connectivity index (χ0n) is 8.11. The van der Waals surface area contributed by atoms with Crippen molar-refractivity contribution in [2.75, 3.05) is 12.4 Å². The first-order valence-electron chi connectivity index (χ1n) is 4.54. The standard InChI is InChI=1S/C11H12ClNO2/c12-6-7-13-10(11(14)15)8-9-4-2-1-3-5-9/h1-5,8,13H,6-7H2,(H,14,15). The molecule has 1 aromatic rings. The fourth-order valence-corrected chi connectivity index (χ4v) is 1.18. The van der Waals surface area contributed by atoms with Crippen LogP contribution < -0.4 is 5.32 Å². The molecule has 0 fully saturated rings. The van der Waals surface area contributed by atoms with Gasteiger partial charge in [0, 0.05) is 12.4 Å². The van der Waals surface area contributed by atoms with Gasteiger partial charge in [0.05, 0.1) is 0 Å². The van der Waals surface area contributed by atoms with Crippen LogP contribution in [0.25, 0.3) is 6.08 Å². The summed E-state index contributed by atoms with van der Waals surface area (Å²) in [5.74, 6) is -0.608. The maximum Gasteiger partial charge on any atom is 0.351 e. The summed E-state index contributed by atoms with van der Waals surface area (Å²) in [6, 6.07) is 9.26. The summed E-state index contributed by atoms with van der Waals surface area (Å²) in [4.78, 5) is 10.8. The van der Waals surface area contributed by atoms with Gasteiger partial charge in [-0.25, -0.2) is 4.79 Å². The summed E-state index contributed by atoms with van der Waals surface area (Å²) in [7, 11) is 0. The van der Waals surface area contributed by atoms with Gasteiger partial charge in [-0.15, -0.1) is 11.6 Å². The molecule has 0 unspecified atom stereocenters. The Balaban J connectivity index is 2.79. The molecule has 0 aliphatic rings. The number of carbonyl (C=O) groups is 1. The maximum atomic E-state index is 10.8. The molecular weight excluding hydrogens is 214 g/mol. The lowest BCUT2D eigenvalue weighted by molar-refractivity contribution is -0.132. The van der Waals surface area contributed by atoms with E-state index >= 15 is 0 Å². The number of hydrogen-bond donors (Lipinski definition) is 2. The van der Waals surface area contributed by atoms with Crippen molar-refractivity contribution in [3.63, 3.8) is 0 Å². The smallest absolute Gasteiger partial charge is 0.351 e. The van der Waals surface area contributed by atoms with Crippen molar-refractivity contribution in [3.05, 3.63) is 41.6 Å². The lowest BCUT2D eigenvalue weighted by Gasteiger charge is -2.04. The molecule has 1 rings (SSSR count). The molecule has 4 heteroatoms. The van der Waals surface area contributed by atoms with E-state index in [2.05, 4.69) is 5.32 Å². The third kappa shape index (κ3) is 4.04. The van der Waals surface area contributed by atoms with Crippen LogP contribution in [0.2, 0.25) is 0 Å². The largest absolute Gasteiger partial charge is 0.477 e. The average Bonchev–Trinajstić information content (AvgIpc) is 2.25. The van der Waals surface area contributed by atoms with Crippen LogP contribution >= 0.6 is 11.6 Å². The van der Waals surface area contributed by atoms with E-state index in [-0.39, 0.29) is 5.70 Å². The second-order valence-corrected chi connectivity index (χ2v) is 3.27. The average molecular weight is 226 g/mol. The molecular formula is C11H12ClNO2. The first kappa shape index (κ1) is 11.6. The number of aliphatic carboxylic acids is 1. The summed E-state index contributed by atoms with van der Waals surface area (Å²) in [5.41, 5.74) is 0.999. The minimum atomic E-state index is -0.982. The highest BCUT2D eigenvalue weighted by molar-refractivity contribution is 6.18. The van der Waals surface area contributed by atoms with Gasteiger partial charge >= 0.3 is 5.97 Å². The van der Waals surface area contributed by atoms with E-state index in [1.807, 2.05) is 30.3 Å². The second kappa shape index (κ2) is 6.09. The lowest BCUT2D eigenvalue weighted by atomic mass is 10.2. The van der Waals surface area contributed by atoms with E-state index in [1.54, 1.807) is 6.08 Å². The van der Waals surface area contributed by atoms with Crippen molar-refractivity contribution in [2.45, 2.75) is 0 Å². The van der Waals surface area contributed by atoms with Gasteiger partial charge in [-0.3, -0.25) is 0 Å². The van der Waals surface area contributed by atoms with Crippen molar-refractivity contribution in [2.24, 2.45) is 0 Å². The molecule has 0 bridgehead atoms. The van der Waals surface area contributed by atoms with Gasteiger partial charge in [-0.2, -0.15) is 0 Å². The number of carboxylic acid groups (broad SMARTS) is 1. The fourth-order valence-electron chi connectivity index (χ4n) is 1.09. The zero-order valence-corrected chi connectivity index (χ0v) is 8.87. The predicted octanol–water partition coefficient (Wildman–Crippen LogP) is 1.94. The first-order chi connectivity index (χ1) is 7.24. The number of halogens is 1. The number of rotatable bonds is 5. The monoisotopic (exact) mass is 225 g/mol. The topological polar surface area (TPSA) is 49.3 Å². The third-order valence-corrected chi connectivity index (χ3v) is 1.94. The molecule has 2 N–H and O–H groups in total. The van der Waals surface area contributed by atoms with Crippen LogP contribution in [0.15, 0.2) is 36.0 Å². The maximum absolute atomic E-state index is 10.8. The zero-order chi connectivity index (χ0) is 11.1. The van der Waals surface area contributed by atoms with Crippen LogP contribution in [0, 0.1) is 0 Å². The number of carboxylic acids is 1. The Morgan fingerprint density at radius 3 is 2.60 bits per heavy atom. The van der Waals surface area contributed by atoms with Crippen molar-refractivity contribution >= 4 is 23.6 Å². The van der Waals surface area contributed by atoms with Crippen LogP contribution in [0.5, 0.6) is 0 Å². The van der Waals surface area contributed by atoms with Gasteiger partial charge in [0.25, 0.3) is 0 Å². The molecule has 0 saturated carbocycles. The first-order valence-corrected chi connectivity index (χ1v) is 5.07. The Labute approximate surface area is 93.4 Å². The molecule has 0 atom stereocenters. The quantitative estimate of drug-likeness (QED) is 0.595. The van der Waals surface area contributed by atoms with Crippen LogP contribution in [-0.4, -0.2) is 23.5 Å². The van der Waals surface area contributed by atoms with Gasteiger partial charge < -0.3 is 10.4 Å². The fraction of sp³-hybridized carbons (Fsp3) is 0.182. The lowest BCUT2D eigenvalue weighted by Crippen LogP contribution is -2.21. The number of benzene rings is 1. The minimum Gasteiger partial charge on any atom is -0.477 e. The highest BCUT2D eigenvalue weighted by atomic mass is 35.5. The highest BCUT2D eigenvalue weighted by Crippen LogP contribution is 2.04. The van der Waals surface area contributed by atoms with Gasteiger partial charge in [-0.1, -0.05) is 30.3 Å². The molecule has 15 heavy (non-hydrogen) atoms. The van der Waals surface area contributed by atoms with E-state index in [0.717, 1.165) is 5.56 Å². The summed E-state index contributed by atoms with van der Waals surface area (Å²) in [6.07, 6.45) is 1.58. The molecule has 80 valence electrons. The summed E-state index contributed by atoms with van der Waals surface area (Å²) >= 11 is 5.47. The molecule has 3 nitrogen and oxygen atoms in total. The number of hydrogen-bond acceptors (Lipinski definition) is 2. The predicted molar refractivity (Wildman–Crippen MR) is 60.8 cm³/mol. The highest BCUT2D eigenvalue weighted by Gasteiger charge is 2.05.